The second kappa shape index (κ2) is 3.30. The number of rotatable bonds is 1. The molecule has 0 unspecified atom stereocenters. The average molecular weight is 210 g/mol. The van der Waals surface area contributed by atoms with E-state index < -0.39 is 16.4 Å². The Bertz CT molecular complexity index is 459. The highest BCUT2D eigenvalue weighted by atomic mass is 19.1. The Morgan fingerprint density at radius 2 is 2.13 bits per heavy atom. The van der Waals surface area contributed by atoms with Crippen molar-refractivity contribution in [1.29, 1.82) is 0 Å². The standard InChI is InChI=1S/C9H7FN2O3/c10-6-3-5-1-2-9(13)11-7(5)4-8(6)12(14)15/h3-4H,1-2H2,(H,11,13). The fraction of sp³-hybridized carbons (Fsp3) is 0.222. The van der Waals surface area contributed by atoms with Crippen LogP contribution in [0.1, 0.15) is 12.0 Å². The second-order valence-corrected chi connectivity index (χ2v) is 3.27. The molecule has 0 saturated carbocycles. The molecule has 6 heteroatoms. The minimum Gasteiger partial charge on any atom is -0.326 e. The van der Waals surface area contributed by atoms with E-state index in [9.17, 15) is 19.3 Å². The molecule has 15 heavy (non-hydrogen) atoms. The Balaban J connectivity index is 2.51. The Kier molecular flexibility index (Phi) is 2.11. The number of carbonyl (C=O) groups is 1. The number of hydrogen-bond acceptors (Lipinski definition) is 3. The zero-order valence-electron chi connectivity index (χ0n) is 7.62. The van der Waals surface area contributed by atoms with Gasteiger partial charge in [-0.25, -0.2) is 0 Å². The summed E-state index contributed by atoms with van der Waals surface area (Å²) in [5.41, 5.74) is 0.313. The topological polar surface area (TPSA) is 72.2 Å². The molecular weight excluding hydrogens is 203 g/mol. The van der Waals surface area contributed by atoms with E-state index >= 15 is 0 Å². The number of nitrogens with zero attached hydrogens (tertiary/aromatic N) is 1. The molecule has 1 aromatic carbocycles. The largest absolute Gasteiger partial charge is 0.326 e. The van der Waals surface area contributed by atoms with Crippen LogP contribution in [0.4, 0.5) is 15.8 Å². The minimum absolute atomic E-state index is 0.205. The van der Waals surface area contributed by atoms with Crippen molar-refractivity contribution in [3.05, 3.63) is 33.6 Å². The van der Waals surface area contributed by atoms with Gasteiger partial charge in [0.15, 0.2) is 0 Å². The lowest BCUT2D eigenvalue weighted by Gasteiger charge is -2.16. The third-order valence-electron chi connectivity index (χ3n) is 2.26. The highest BCUT2D eigenvalue weighted by Gasteiger charge is 2.22. The molecule has 5 nitrogen and oxygen atoms in total. The highest BCUT2D eigenvalue weighted by Crippen LogP contribution is 2.29. The van der Waals surface area contributed by atoms with Crippen LogP contribution in [0.3, 0.4) is 0 Å². The summed E-state index contributed by atoms with van der Waals surface area (Å²) >= 11 is 0. The van der Waals surface area contributed by atoms with Crippen molar-refractivity contribution in [2.45, 2.75) is 12.8 Å². The van der Waals surface area contributed by atoms with Crippen LogP contribution >= 0.6 is 0 Å². The number of nitro benzene ring substituents is 1. The molecule has 0 aromatic heterocycles. The lowest BCUT2D eigenvalue weighted by molar-refractivity contribution is -0.387. The van der Waals surface area contributed by atoms with Crippen molar-refractivity contribution in [3.63, 3.8) is 0 Å². The number of nitrogens with one attached hydrogen (secondary N) is 1. The van der Waals surface area contributed by atoms with Crippen LogP contribution in [0.25, 0.3) is 0 Å². The van der Waals surface area contributed by atoms with Gasteiger partial charge in [0, 0.05) is 12.5 Å². The van der Waals surface area contributed by atoms with Gasteiger partial charge in [-0.3, -0.25) is 14.9 Å². The molecule has 1 amide bonds. The zero-order valence-corrected chi connectivity index (χ0v) is 7.62. The van der Waals surface area contributed by atoms with E-state index in [4.69, 9.17) is 0 Å². The number of carbonyl (C=O) groups excluding carboxylic acids is 1. The molecule has 1 heterocycles. The van der Waals surface area contributed by atoms with Crippen molar-refractivity contribution >= 4 is 17.3 Å². The summed E-state index contributed by atoms with van der Waals surface area (Å²) in [6.07, 6.45) is 0.695. The van der Waals surface area contributed by atoms with Crippen molar-refractivity contribution in [2.75, 3.05) is 5.32 Å². The molecule has 0 aliphatic carbocycles. The molecule has 0 saturated heterocycles. The first-order valence-electron chi connectivity index (χ1n) is 4.34. The van der Waals surface area contributed by atoms with E-state index in [1.54, 1.807) is 0 Å². The smallest absolute Gasteiger partial charge is 0.306 e. The molecular formula is C9H7FN2O3. The number of hydrogen-bond donors (Lipinski definition) is 1. The number of nitro groups is 1. The van der Waals surface area contributed by atoms with Gasteiger partial charge in [-0.15, -0.1) is 0 Å². The SMILES string of the molecule is O=C1CCc2cc(F)c([N+](=O)[O-])cc2N1. The van der Waals surface area contributed by atoms with Crippen molar-refractivity contribution in [1.82, 2.24) is 0 Å². The maximum Gasteiger partial charge on any atom is 0.306 e. The maximum atomic E-state index is 13.2. The quantitative estimate of drug-likeness (QED) is 0.565. The summed E-state index contributed by atoms with van der Waals surface area (Å²) in [7, 11) is 0. The van der Waals surface area contributed by atoms with Gasteiger partial charge in [0.25, 0.3) is 0 Å². The Morgan fingerprint density at radius 1 is 1.40 bits per heavy atom. The van der Waals surface area contributed by atoms with Crippen LogP contribution < -0.4 is 5.32 Å². The molecule has 0 radical (unpaired) electrons. The number of aryl methyl sites for hydroxylation is 1. The monoisotopic (exact) mass is 210 g/mol. The van der Waals surface area contributed by atoms with Crippen LogP contribution in [-0.2, 0) is 11.2 Å². The summed E-state index contributed by atoms with van der Waals surface area (Å²) in [6, 6.07) is 2.16. The highest BCUT2D eigenvalue weighted by molar-refractivity contribution is 5.94. The molecule has 1 aliphatic heterocycles. The first kappa shape index (κ1) is 9.57. The molecule has 0 spiro atoms. The van der Waals surface area contributed by atoms with Crippen LogP contribution in [0.2, 0.25) is 0 Å². The molecule has 1 aromatic rings. The molecule has 78 valence electrons. The fourth-order valence-corrected chi connectivity index (χ4v) is 1.53. The lowest BCUT2D eigenvalue weighted by Crippen LogP contribution is -2.19. The minimum atomic E-state index is -0.866. The first-order valence-corrected chi connectivity index (χ1v) is 4.34. The molecule has 0 bridgehead atoms. The van der Waals surface area contributed by atoms with E-state index in [1.165, 1.54) is 0 Å². The van der Waals surface area contributed by atoms with E-state index in [2.05, 4.69) is 5.32 Å². The van der Waals surface area contributed by atoms with E-state index in [-0.39, 0.29) is 12.3 Å². The predicted molar refractivity (Wildman–Crippen MR) is 50.0 cm³/mol. The van der Waals surface area contributed by atoms with Gasteiger partial charge in [-0.1, -0.05) is 0 Å². The summed E-state index contributed by atoms with van der Waals surface area (Å²) in [4.78, 5) is 20.6. The van der Waals surface area contributed by atoms with Crippen LogP contribution in [0.5, 0.6) is 0 Å². The molecule has 2 rings (SSSR count). The van der Waals surface area contributed by atoms with E-state index in [1.807, 2.05) is 0 Å². The van der Waals surface area contributed by atoms with Crippen molar-refractivity contribution in [3.8, 4) is 0 Å². The number of benzene rings is 1. The van der Waals surface area contributed by atoms with Crippen LogP contribution in [0, 0.1) is 15.9 Å². The third-order valence-corrected chi connectivity index (χ3v) is 2.26. The zero-order chi connectivity index (χ0) is 11.0. The van der Waals surface area contributed by atoms with Gasteiger partial charge in [-0.05, 0) is 18.1 Å². The first-order chi connectivity index (χ1) is 7.08. The fourth-order valence-electron chi connectivity index (χ4n) is 1.53. The summed E-state index contributed by atoms with van der Waals surface area (Å²) in [5.74, 6) is -1.07. The number of fused-ring (bicyclic) bond motifs is 1. The average Bonchev–Trinajstić information content (AvgIpc) is 2.17. The Hall–Kier alpha value is -1.98. The second-order valence-electron chi connectivity index (χ2n) is 3.27. The van der Waals surface area contributed by atoms with Crippen LogP contribution in [0.15, 0.2) is 12.1 Å². The molecule has 0 fully saturated rings. The number of amides is 1. The Labute approximate surface area is 84.1 Å². The molecule has 1 aliphatic rings. The van der Waals surface area contributed by atoms with Crippen molar-refractivity contribution < 1.29 is 14.1 Å². The Morgan fingerprint density at radius 3 is 2.80 bits per heavy atom. The van der Waals surface area contributed by atoms with Crippen LogP contribution in [-0.4, -0.2) is 10.8 Å². The molecule has 0 atom stereocenters. The predicted octanol–water partition coefficient (Wildman–Crippen LogP) is 1.62. The summed E-state index contributed by atoms with van der Waals surface area (Å²) in [5, 5.41) is 12.9. The number of halogens is 1. The van der Waals surface area contributed by atoms with E-state index in [0.717, 1.165) is 12.1 Å². The van der Waals surface area contributed by atoms with Gasteiger partial charge in [-0.2, -0.15) is 4.39 Å². The molecule has 1 N–H and O–H groups in total. The van der Waals surface area contributed by atoms with Crippen molar-refractivity contribution in [2.24, 2.45) is 0 Å². The van der Waals surface area contributed by atoms with Gasteiger partial charge >= 0.3 is 5.69 Å². The van der Waals surface area contributed by atoms with Gasteiger partial charge in [0.1, 0.15) is 0 Å². The third kappa shape index (κ3) is 1.65. The summed E-state index contributed by atoms with van der Waals surface area (Å²) < 4.78 is 13.2. The lowest BCUT2D eigenvalue weighted by atomic mass is 10.0. The normalized spacial score (nSPS) is 14.3. The van der Waals surface area contributed by atoms with Gasteiger partial charge in [0.05, 0.1) is 10.6 Å². The van der Waals surface area contributed by atoms with Gasteiger partial charge in [0.2, 0.25) is 11.7 Å². The maximum absolute atomic E-state index is 13.2. The summed E-state index contributed by atoms with van der Waals surface area (Å²) in [6.45, 7) is 0. The van der Waals surface area contributed by atoms with Gasteiger partial charge < -0.3 is 5.32 Å². The van der Waals surface area contributed by atoms with E-state index in [0.29, 0.717) is 17.7 Å². The number of anilines is 1.